The second-order valence-corrected chi connectivity index (χ2v) is 3.36. The quantitative estimate of drug-likeness (QED) is 0.897. The molecule has 17 heavy (non-hydrogen) atoms. The van der Waals surface area contributed by atoms with E-state index in [1.54, 1.807) is 12.1 Å². The fourth-order valence-electron chi connectivity index (χ4n) is 1.27. The Morgan fingerprint density at radius 3 is 2.59 bits per heavy atom. The highest BCUT2D eigenvalue weighted by molar-refractivity contribution is 5.41. The number of alkyl halides is 3. The molecule has 0 aromatic carbocycles. The monoisotopic (exact) mass is 242 g/mol. The average Bonchev–Trinajstić information content (AvgIpc) is 2.78. The van der Waals surface area contributed by atoms with E-state index >= 15 is 0 Å². The molecule has 0 saturated heterocycles. The topological polar surface area (TPSA) is 38.1 Å². The third-order valence-electron chi connectivity index (χ3n) is 2.10. The average molecular weight is 242 g/mol. The molecule has 0 saturated carbocycles. The third kappa shape index (κ3) is 2.99. The molecular formula is C11H9F3N2O. The van der Waals surface area contributed by atoms with Crippen LogP contribution in [0.4, 0.5) is 18.9 Å². The van der Waals surface area contributed by atoms with Gasteiger partial charge in [-0.3, -0.25) is 0 Å². The number of hydrogen-bond donors (Lipinski definition) is 1. The molecule has 2 rings (SSSR count). The van der Waals surface area contributed by atoms with E-state index in [1.165, 1.54) is 12.3 Å². The Morgan fingerprint density at radius 2 is 2.06 bits per heavy atom. The lowest BCUT2D eigenvalue weighted by atomic mass is 10.3. The van der Waals surface area contributed by atoms with E-state index in [4.69, 9.17) is 4.42 Å². The van der Waals surface area contributed by atoms with E-state index in [2.05, 4.69) is 10.3 Å². The van der Waals surface area contributed by atoms with Crippen molar-refractivity contribution in [3.05, 3.63) is 48.2 Å². The SMILES string of the molecule is FC(F)(F)c1ccc(NCc2ccco2)cn1. The van der Waals surface area contributed by atoms with Gasteiger partial charge in [-0.1, -0.05) is 0 Å². The first-order valence-corrected chi connectivity index (χ1v) is 4.85. The van der Waals surface area contributed by atoms with Crippen molar-refractivity contribution in [1.82, 2.24) is 4.98 Å². The van der Waals surface area contributed by atoms with Crippen molar-refractivity contribution < 1.29 is 17.6 Å². The zero-order valence-corrected chi connectivity index (χ0v) is 8.66. The molecule has 0 aliphatic rings. The number of rotatable bonds is 3. The molecule has 0 amide bonds. The first kappa shape index (κ1) is 11.5. The molecule has 0 spiro atoms. The van der Waals surface area contributed by atoms with Crippen LogP contribution in [-0.2, 0) is 12.7 Å². The molecule has 0 fully saturated rings. The number of pyridine rings is 1. The Bertz CT molecular complexity index is 462. The largest absolute Gasteiger partial charge is 0.467 e. The summed E-state index contributed by atoms with van der Waals surface area (Å²) in [7, 11) is 0. The molecule has 6 heteroatoms. The van der Waals surface area contributed by atoms with Crippen molar-refractivity contribution in [3.8, 4) is 0 Å². The Morgan fingerprint density at radius 1 is 1.24 bits per heavy atom. The number of anilines is 1. The summed E-state index contributed by atoms with van der Waals surface area (Å²) in [6.45, 7) is 0.403. The first-order chi connectivity index (χ1) is 8.05. The van der Waals surface area contributed by atoms with Crippen LogP contribution in [0.25, 0.3) is 0 Å². The van der Waals surface area contributed by atoms with Crippen LogP contribution >= 0.6 is 0 Å². The van der Waals surface area contributed by atoms with Crippen LogP contribution in [-0.4, -0.2) is 4.98 Å². The fraction of sp³-hybridized carbons (Fsp3) is 0.182. The number of furan rings is 1. The summed E-state index contributed by atoms with van der Waals surface area (Å²) in [5.41, 5.74) is -0.393. The maximum atomic E-state index is 12.2. The summed E-state index contributed by atoms with van der Waals surface area (Å²) in [6.07, 6.45) is -1.73. The Balaban J connectivity index is 1.99. The van der Waals surface area contributed by atoms with Crippen LogP contribution in [0.2, 0.25) is 0 Å². The maximum absolute atomic E-state index is 12.2. The van der Waals surface area contributed by atoms with Gasteiger partial charge >= 0.3 is 6.18 Å². The van der Waals surface area contributed by atoms with Crippen LogP contribution in [0.5, 0.6) is 0 Å². The molecule has 0 bridgehead atoms. The normalized spacial score (nSPS) is 11.5. The smallest absolute Gasteiger partial charge is 0.433 e. The fourth-order valence-corrected chi connectivity index (χ4v) is 1.27. The van der Waals surface area contributed by atoms with E-state index in [-0.39, 0.29) is 0 Å². The Hall–Kier alpha value is -1.98. The molecule has 0 unspecified atom stereocenters. The molecule has 0 atom stereocenters. The molecular weight excluding hydrogens is 233 g/mol. The number of aromatic nitrogens is 1. The van der Waals surface area contributed by atoms with Crippen LogP contribution in [0, 0.1) is 0 Å². The second-order valence-electron chi connectivity index (χ2n) is 3.36. The van der Waals surface area contributed by atoms with Gasteiger partial charge < -0.3 is 9.73 Å². The molecule has 0 aliphatic heterocycles. The Kier molecular flexibility index (Phi) is 3.03. The number of halogens is 3. The summed E-state index contributed by atoms with van der Waals surface area (Å²) >= 11 is 0. The van der Waals surface area contributed by atoms with Gasteiger partial charge in [0.1, 0.15) is 11.5 Å². The van der Waals surface area contributed by atoms with Crippen LogP contribution in [0.3, 0.4) is 0 Å². The molecule has 0 radical (unpaired) electrons. The van der Waals surface area contributed by atoms with Crippen molar-refractivity contribution in [2.75, 3.05) is 5.32 Å². The van der Waals surface area contributed by atoms with Gasteiger partial charge in [0.15, 0.2) is 0 Å². The molecule has 3 nitrogen and oxygen atoms in total. The standard InChI is InChI=1S/C11H9F3N2O/c12-11(13,14)10-4-3-8(6-16-10)15-7-9-2-1-5-17-9/h1-6,15H,7H2. The predicted molar refractivity (Wildman–Crippen MR) is 55.3 cm³/mol. The van der Waals surface area contributed by atoms with Gasteiger partial charge in [0.2, 0.25) is 0 Å². The van der Waals surface area contributed by atoms with Gasteiger partial charge in [-0.05, 0) is 24.3 Å². The molecule has 1 N–H and O–H groups in total. The minimum atomic E-state index is -4.40. The van der Waals surface area contributed by atoms with Crippen molar-refractivity contribution in [3.63, 3.8) is 0 Å². The van der Waals surface area contributed by atoms with E-state index < -0.39 is 11.9 Å². The highest BCUT2D eigenvalue weighted by atomic mass is 19.4. The molecule has 2 aromatic rings. The lowest BCUT2D eigenvalue weighted by Gasteiger charge is -2.07. The predicted octanol–water partition coefficient (Wildman–Crippen LogP) is 3.31. The van der Waals surface area contributed by atoms with Gasteiger partial charge in [0.25, 0.3) is 0 Å². The minimum absolute atomic E-state index is 0.403. The van der Waals surface area contributed by atoms with E-state index in [1.807, 2.05) is 0 Å². The first-order valence-electron chi connectivity index (χ1n) is 4.85. The third-order valence-corrected chi connectivity index (χ3v) is 2.10. The number of nitrogens with zero attached hydrogens (tertiary/aromatic N) is 1. The lowest BCUT2D eigenvalue weighted by molar-refractivity contribution is -0.141. The van der Waals surface area contributed by atoms with Crippen LogP contribution < -0.4 is 5.32 Å². The number of hydrogen-bond acceptors (Lipinski definition) is 3. The summed E-state index contributed by atoms with van der Waals surface area (Å²) in [5.74, 6) is 0.699. The highest BCUT2D eigenvalue weighted by Crippen LogP contribution is 2.27. The van der Waals surface area contributed by atoms with Crippen LogP contribution in [0.15, 0.2) is 41.1 Å². The minimum Gasteiger partial charge on any atom is -0.467 e. The van der Waals surface area contributed by atoms with Crippen LogP contribution in [0.1, 0.15) is 11.5 Å². The van der Waals surface area contributed by atoms with Gasteiger partial charge in [-0.25, -0.2) is 4.98 Å². The maximum Gasteiger partial charge on any atom is 0.433 e. The van der Waals surface area contributed by atoms with Gasteiger partial charge in [-0.15, -0.1) is 0 Å². The summed E-state index contributed by atoms with van der Waals surface area (Å²) in [5, 5.41) is 2.90. The van der Waals surface area contributed by atoms with E-state index in [9.17, 15) is 13.2 Å². The Labute approximate surface area is 95.3 Å². The second kappa shape index (κ2) is 4.48. The zero-order valence-electron chi connectivity index (χ0n) is 8.66. The zero-order chi connectivity index (χ0) is 12.3. The molecule has 2 aromatic heterocycles. The number of nitrogens with one attached hydrogen (secondary N) is 1. The van der Waals surface area contributed by atoms with Gasteiger partial charge in [0, 0.05) is 0 Å². The molecule has 0 aliphatic carbocycles. The van der Waals surface area contributed by atoms with Gasteiger partial charge in [-0.2, -0.15) is 13.2 Å². The summed E-state index contributed by atoms with van der Waals surface area (Å²) in [4.78, 5) is 3.33. The molecule has 2 heterocycles. The van der Waals surface area contributed by atoms with Crippen molar-refractivity contribution in [2.45, 2.75) is 12.7 Å². The lowest BCUT2D eigenvalue weighted by Crippen LogP contribution is -2.08. The highest BCUT2D eigenvalue weighted by Gasteiger charge is 2.31. The van der Waals surface area contributed by atoms with E-state index in [0.29, 0.717) is 18.0 Å². The summed E-state index contributed by atoms with van der Waals surface area (Å²) in [6, 6.07) is 5.77. The van der Waals surface area contributed by atoms with Crippen molar-refractivity contribution in [1.29, 1.82) is 0 Å². The molecule has 90 valence electrons. The summed E-state index contributed by atoms with van der Waals surface area (Å²) < 4.78 is 41.8. The van der Waals surface area contributed by atoms with Gasteiger partial charge in [0.05, 0.1) is 24.7 Å². The van der Waals surface area contributed by atoms with Crippen molar-refractivity contribution in [2.24, 2.45) is 0 Å². The van der Waals surface area contributed by atoms with Crippen molar-refractivity contribution >= 4 is 5.69 Å². The van der Waals surface area contributed by atoms with E-state index in [0.717, 1.165) is 12.3 Å².